The topological polar surface area (TPSA) is 70.3 Å². The molecule has 0 radical (unpaired) electrons. The standard InChI is InChI=1S/C15H17N3O2/c1-19-9-10-3-2-4-12(7-10)20-14-8-13(16)17-15(18-14)11-5-6-11/h2-4,7-8,11H,5-6,9H2,1H3,(H2,16,17,18). The van der Waals surface area contributed by atoms with E-state index < -0.39 is 0 Å². The third kappa shape index (κ3) is 3.05. The second kappa shape index (κ2) is 5.46. The van der Waals surface area contributed by atoms with Crippen LogP contribution in [0.2, 0.25) is 0 Å². The minimum Gasteiger partial charge on any atom is -0.439 e. The Hall–Kier alpha value is -2.14. The van der Waals surface area contributed by atoms with Crippen LogP contribution in [0.3, 0.4) is 0 Å². The number of ether oxygens (including phenoxy) is 2. The van der Waals surface area contributed by atoms with Gasteiger partial charge in [-0.15, -0.1) is 0 Å². The predicted molar refractivity (Wildman–Crippen MR) is 75.6 cm³/mol. The molecule has 1 aromatic carbocycles. The monoisotopic (exact) mass is 271 g/mol. The molecule has 1 aliphatic carbocycles. The van der Waals surface area contributed by atoms with E-state index in [1.54, 1.807) is 13.2 Å². The second-order valence-corrected chi connectivity index (χ2v) is 4.95. The third-order valence-corrected chi connectivity index (χ3v) is 3.11. The molecule has 20 heavy (non-hydrogen) atoms. The molecule has 0 unspecified atom stereocenters. The average molecular weight is 271 g/mol. The first-order valence-corrected chi connectivity index (χ1v) is 6.65. The van der Waals surface area contributed by atoms with Crippen LogP contribution < -0.4 is 10.5 Å². The van der Waals surface area contributed by atoms with Crippen molar-refractivity contribution in [1.82, 2.24) is 9.97 Å². The molecule has 1 aliphatic rings. The fraction of sp³-hybridized carbons (Fsp3) is 0.333. The molecule has 3 rings (SSSR count). The lowest BCUT2D eigenvalue weighted by Crippen LogP contribution is -2.00. The zero-order valence-electron chi connectivity index (χ0n) is 11.4. The van der Waals surface area contributed by atoms with Crippen molar-refractivity contribution in [3.63, 3.8) is 0 Å². The minimum absolute atomic E-state index is 0.445. The molecule has 0 atom stereocenters. The Morgan fingerprint density at radius 3 is 2.85 bits per heavy atom. The molecule has 1 fully saturated rings. The van der Waals surface area contributed by atoms with E-state index in [2.05, 4.69) is 9.97 Å². The molecule has 0 amide bonds. The van der Waals surface area contributed by atoms with Crippen molar-refractivity contribution >= 4 is 5.82 Å². The molecule has 104 valence electrons. The van der Waals surface area contributed by atoms with Crippen LogP contribution >= 0.6 is 0 Å². The van der Waals surface area contributed by atoms with Crippen LogP contribution in [0.1, 0.15) is 30.1 Å². The molecule has 2 aromatic rings. The summed E-state index contributed by atoms with van der Waals surface area (Å²) in [5.41, 5.74) is 6.86. The first-order valence-electron chi connectivity index (χ1n) is 6.65. The first kappa shape index (κ1) is 12.9. The Labute approximate surface area is 117 Å². The summed E-state index contributed by atoms with van der Waals surface area (Å²) in [7, 11) is 1.67. The van der Waals surface area contributed by atoms with Crippen LogP contribution in [0.5, 0.6) is 11.6 Å². The van der Waals surface area contributed by atoms with Crippen LogP contribution in [0.25, 0.3) is 0 Å². The quantitative estimate of drug-likeness (QED) is 0.905. The van der Waals surface area contributed by atoms with Crippen molar-refractivity contribution in [3.05, 3.63) is 41.7 Å². The number of rotatable bonds is 5. The Kier molecular flexibility index (Phi) is 3.52. The summed E-state index contributed by atoms with van der Waals surface area (Å²) in [4.78, 5) is 8.67. The third-order valence-electron chi connectivity index (χ3n) is 3.11. The summed E-state index contributed by atoms with van der Waals surface area (Å²) in [6, 6.07) is 9.37. The molecule has 1 saturated carbocycles. The van der Waals surface area contributed by atoms with Gasteiger partial charge in [0.15, 0.2) is 0 Å². The van der Waals surface area contributed by atoms with Gasteiger partial charge in [-0.25, -0.2) is 4.98 Å². The van der Waals surface area contributed by atoms with Gasteiger partial charge < -0.3 is 15.2 Å². The van der Waals surface area contributed by atoms with Gasteiger partial charge in [0.25, 0.3) is 0 Å². The molecule has 2 N–H and O–H groups in total. The fourth-order valence-electron chi connectivity index (χ4n) is 2.02. The number of nitrogens with two attached hydrogens (primary N) is 1. The Morgan fingerprint density at radius 1 is 1.25 bits per heavy atom. The summed E-state index contributed by atoms with van der Waals surface area (Å²) in [5, 5.41) is 0. The highest BCUT2D eigenvalue weighted by Gasteiger charge is 2.27. The molecule has 0 bridgehead atoms. The van der Waals surface area contributed by atoms with E-state index in [1.807, 2.05) is 24.3 Å². The summed E-state index contributed by atoms with van der Waals surface area (Å²) in [6.45, 7) is 0.552. The van der Waals surface area contributed by atoms with Gasteiger partial charge in [0.2, 0.25) is 5.88 Å². The predicted octanol–water partition coefficient (Wildman–Crippen LogP) is 2.87. The van der Waals surface area contributed by atoms with Gasteiger partial charge in [-0.3, -0.25) is 0 Å². The van der Waals surface area contributed by atoms with Crippen molar-refractivity contribution < 1.29 is 9.47 Å². The summed E-state index contributed by atoms with van der Waals surface area (Å²) < 4.78 is 10.9. The summed E-state index contributed by atoms with van der Waals surface area (Å²) in [6.07, 6.45) is 2.26. The van der Waals surface area contributed by atoms with Crippen LogP contribution in [-0.4, -0.2) is 17.1 Å². The molecule has 0 spiro atoms. The van der Waals surface area contributed by atoms with Gasteiger partial charge in [0.05, 0.1) is 6.61 Å². The van der Waals surface area contributed by atoms with Gasteiger partial charge in [-0.2, -0.15) is 4.98 Å². The highest BCUT2D eigenvalue weighted by Crippen LogP contribution is 2.39. The van der Waals surface area contributed by atoms with E-state index >= 15 is 0 Å². The Bertz CT molecular complexity index is 612. The molecule has 1 aromatic heterocycles. The van der Waals surface area contributed by atoms with Crippen LogP contribution in [-0.2, 0) is 11.3 Å². The zero-order valence-corrected chi connectivity index (χ0v) is 11.4. The van der Waals surface area contributed by atoms with Crippen LogP contribution in [0.15, 0.2) is 30.3 Å². The largest absolute Gasteiger partial charge is 0.439 e. The van der Waals surface area contributed by atoms with Gasteiger partial charge in [0.1, 0.15) is 17.4 Å². The average Bonchev–Trinajstić information content (AvgIpc) is 3.23. The number of methoxy groups -OCH3 is 1. The van der Waals surface area contributed by atoms with E-state index in [0.29, 0.717) is 24.2 Å². The lowest BCUT2D eigenvalue weighted by molar-refractivity contribution is 0.184. The summed E-state index contributed by atoms with van der Waals surface area (Å²) >= 11 is 0. The maximum absolute atomic E-state index is 5.81. The van der Waals surface area contributed by atoms with Crippen LogP contribution in [0.4, 0.5) is 5.82 Å². The lowest BCUT2D eigenvalue weighted by Gasteiger charge is -2.08. The number of nitrogens with zero attached hydrogens (tertiary/aromatic N) is 2. The fourth-order valence-corrected chi connectivity index (χ4v) is 2.02. The molecular weight excluding hydrogens is 254 g/mol. The maximum Gasteiger partial charge on any atom is 0.224 e. The molecular formula is C15H17N3O2. The molecule has 5 heteroatoms. The minimum atomic E-state index is 0.445. The number of anilines is 1. The SMILES string of the molecule is COCc1cccc(Oc2cc(N)nc(C3CC3)n2)c1. The van der Waals surface area contributed by atoms with Crippen molar-refractivity contribution in [2.75, 3.05) is 12.8 Å². The van der Waals surface area contributed by atoms with E-state index in [9.17, 15) is 0 Å². The second-order valence-electron chi connectivity index (χ2n) is 4.95. The van der Waals surface area contributed by atoms with Crippen molar-refractivity contribution in [2.24, 2.45) is 0 Å². The molecule has 1 heterocycles. The highest BCUT2D eigenvalue weighted by atomic mass is 16.5. The maximum atomic E-state index is 5.81. The van der Waals surface area contributed by atoms with Crippen molar-refractivity contribution in [1.29, 1.82) is 0 Å². The number of hydrogen-bond acceptors (Lipinski definition) is 5. The van der Waals surface area contributed by atoms with Crippen molar-refractivity contribution in [3.8, 4) is 11.6 Å². The van der Waals surface area contributed by atoms with E-state index in [1.165, 1.54) is 0 Å². The smallest absolute Gasteiger partial charge is 0.224 e. The number of hydrogen-bond donors (Lipinski definition) is 1. The van der Waals surface area contributed by atoms with Crippen LogP contribution in [0, 0.1) is 0 Å². The lowest BCUT2D eigenvalue weighted by atomic mass is 10.2. The molecule has 0 aliphatic heterocycles. The normalized spacial score (nSPS) is 14.2. The first-order chi connectivity index (χ1) is 9.74. The van der Waals surface area contributed by atoms with E-state index in [-0.39, 0.29) is 0 Å². The molecule has 5 nitrogen and oxygen atoms in total. The van der Waals surface area contributed by atoms with Gasteiger partial charge in [-0.05, 0) is 30.5 Å². The van der Waals surface area contributed by atoms with E-state index in [0.717, 1.165) is 30.0 Å². The number of aromatic nitrogens is 2. The van der Waals surface area contributed by atoms with Crippen molar-refractivity contribution in [2.45, 2.75) is 25.4 Å². The van der Waals surface area contributed by atoms with E-state index in [4.69, 9.17) is 15.2 Å². The van der Waals surface area contributed by atoms with Gasteiger partial charge in [0, 0.05) is 19.1 Å². The molecule has 0 saturated heterocycles. The number of benzene rings is 1. The highest BCUT2D eigenvalue weighted by molar-refractivity contribution is 5.37. The Morgan fingerprint density at radius 2 is 2.10 bits per heavy atom. The van der Waals surface area contributed by atoms with Gasteiger partial charge in [-0.1, -0.05) is 12.1 Å². The number of nitrogen functional groups attached to an aromatic ring is 1. The zero-order chi connectivity index (χ0) is 13.9. The van der Waals surface area contributed by atoms with Gasteiger partial charge >= 0.3 is 0 Å². The summed E-state index contributed by atoms with van der Waals surface area (Å²) in [5.74, 6) is 2.90. The Balaban J connectivity index is 1.81.